The Morgan fingerprint density at radius 2 is 2.11 bits per heavy atom. The number of nitro groups is 1. The van der Waals surface area contributed by atoms with Crippen LogP contribution in [0.5, 0.6) is 0 Å². The smallest absolute Gasteiger partial charge is 0.293 e. The first-order valence-electron chi connectivity index (χ1n) is 5.57. The molecule has 0 bridgehead atoms. The molecule has 3 rings (SSSR count). The first-order chi connectivity index (χ1) is 8.99. The molecule has 0 spiro atoms. The van der Waals surface area contributed by atoms with Crippen LogP contribution in [-0.2, 0) is 0 Å². The Hall–Kier alpha value is -2.02. The summed E-state index contributed by atoms with van der Waals surface area (Å²) in [4.78, 5) is 38.7. The Bertz CT molecular complexity index is 668. The number of carbonyl (C=O) groups is 2. The zero-order valence-electron chi connectivity index (χ0n) is 9.82. The van der Waals surface area contributed by atoms with E-state index in [4.69, 9.17) is 0 Å². The van der Waals surface area contributed by atoms with Gasteiger partial charge in [-0.25, -0.2) is 0 Å². The minimum absolute atomic E-state index is 0.123. The van der Waals surface area contributed by atoms with Gasteiger partial charge in [0.1, 0.15) is 5.69 Å². The van der Waals surface area contributed by atoms with E-state index in [1.807, 2.05) is 0 Å². The lowest BCUT2D eigenvalue weighted by Crippen LogP contribution is -2.36. The Labute approximate surface area is 112 Å². The number of fused-ring (bicyclic) bond motifs is 2. The highest BCUT2D eigenvalue weighted by Gasteiger charge is 2.48. The molecule has 2 aliphatic rings. The Morgan fingerprint density at radius 3 is 2.79 bits per heavy atom. The average Bonchev–Trinajstić information content (AvgIpc) is 2.81. The standard InChI is InChI=1S/C12H8N2O4S/c1-5-2-6-9(13-4-5)10(15)7-3-8(14(17)18)19-12(7)11(6)16/h2-4,7,12H,1H3. The molecule has 1 aromatic heterocycles. The van der Waals surface area contributed by atoms with E-state index in [1.165, 1.54) is 12.3 Å². The molecular weight excluding hydrogens is 268 g/mol. The first-order valence-corrected chi connectivity index (χ1v) is 6.45. The number of aromatic nitrogens is 1. The van der Waals surface area contributed by atoms with Crippen molar-refractivity contribution in [2.45, 2.75) is 12.2 Å². The van der Waals surface area contributed by atoms with E-state index in [-0.39, 0.29) is 27.9 Å². The normalized spacial score (nSPS) is 24.8. The molecule has 1 aliphatic heterocycles. The van der Waals surface area contributed by atoms with Crippen molar-refractivity contribution in [2.24, 2.45) is 5.92 Å². The summed E-state index contributed by atoms with van der Waals surface area (Å²) in [5.41, 5.74) is 1.18. The second kappa shape index (κ2) is 3.99. The summed E-state index contributed by atoms with van der Waals surface area (Å²) >= 11 is 0.848. The van der Waals surface area contributed by atoms with E-state index < -0.39 is 16.1 Å². The molecule has 1 aliphatic carbocycles. The molecule has 6 nitrogen and oxygen atoms in total. The maximum absolute atomic E-state index is 12.3. The molecule has 0 saturated carbocycles. The van der Waals surface area contributed by atoms with E-state index in [2.05, 4.69) is 4.98 Å². The molecule has 0 fully saturated rings. The second-order valence-corrected chi connectivity index (χ2v) is 5.63. The number of hydrogen-bond donors (Lipinski definition) is 0. The number of ketones is 2. The van der Waals surface area contributed by atoms with Gasteiger partial charge < -0.3 is 0 Å². The van der Waals surface area contributed by atoms with Gasteiger partial charge >= 0.3 is 5.03 Å². The molecule has 2 atom stereocenters. The third-order valence-corrected chi connectivity index (χ3v) is 4.45. The Kier molecular flexibility index (Phi) is 2.53. The summed E-state index contributed by atoms with van der Waals surface area (Å²) in [6, 6.07) is 1.61. The minimum atomic E-state index is -0.763. The van der Waals surface area contributed by atoms with Crippen LogP contribution in [0.4, 0.5) is 0 Å². The molecule has 7 heteroatoms. The predicted molar refractivity (Wildman–Crippen MR) is 67.6 cm³/mol. The Balaban J connectivity index is 2.11. The van der Waals surface area contributed by atoms with Crippen molar-refractivity contribution in [2.75, 3.05) is 0 Å². The maximum atomic E-state index is 12.3. The third-order valence-electron chi connectivity index (χ3n) is 3.16. The largest absolute Gasteiger partial charge is 0.300 e. The van der Waals surface area contributed by atoms with Gasteiger partial charge in [-0.05, 0) is 30.3 Å². The highest BCUT2D eigenvalue weighted by atomic mass is 32.2. The fraction of sp³-hybridized carbons (Fsp3) is 0.250. The molecule has 0 radical (unpaired) electrons. The van der Waals surface area contributed by atoms with Gasteiger partial charge in [0.15, 0.2) is 11.6 Å². The van der Waals surface area contributed by atoms with Gasteiger partial charge in [-0.1, -0.05) is 0 Å². The summed E-state index contributed by atoms with van der Waals surface area (Å²) < 4.78 is 0. The Morgan fingerprint density at radius 1 is 1.37 bits per heavy atom. The van der Waals surface area contributed by atoms with Crippen molar-refractivity contribution in [3.63, 3.8) is 0 Å². The monoisotopic (exact) mass is 276 g/mol. The third kappa shape index (κ3) is 1.69. The van der Waals surface area contributed by atoms with Crippen molar-refractivity contribution in [1.82, 2.24) is 4.98 Å². The minimum Gasteiger partial charge on any atom is -0.293 e. The lowest BCUT2D eigenvalue weighted by Gasteiger charge is -2.22. The summed E-state index contributed by atoms with van der Waals surface area (Å²) in [6.45, 7) is 1.78. The van der Waals surface area contributed by atoms with E-state index in [0.29, 0.717) is 0 Å². The molecule has 1 aromatic rings. The molecule has 0 amide bonds. The highest BCUT2D eigenvalue weighted by Crippen LogP contribution is 2.43. The van der Waals surface area contributed by atoms with E-state index in [1.54, 1.807) is 13.0 Å². The molecule has 2 heterocycles. The average molecular weight is 276 g/mol. The van der Waals surface area contributed by atoms with Crippen LogP contribution in [0.25, 0.3) is 0 Å². The maximum Gasteiger partial charge on any atom is 0.300 e. The van der Waals surface area contributed by atoms with Gasteiger partial charge in [0.05, 0.1) is 16.1 Å². The van der Waals surface area contributed by atoms with Crippen LogP contribution in [0.3, 0.4) is 0 Å². The summed E-state index contributed by atoms with van der Waals surface area (Å²) in [5, 5.41) is 9.91. The van der Waals surface area contributed by atoms with Gasteiger partial charge in [-0.15, -0.1) is 0 Å². The van der Waals surface area contributed by atoms with Crippen LogP contribution < -0.4 is 0 Å². The van der Waals surface area contributed by atoms with E-state index in [0.717, 1.165) is 17.3 Å². The molecule has 0 saturated heterocycles. The highest BCUT2D eigenvalue weighted by molar-refractivity contribution is 8.04. The number of rotatable bonds is 1. The van der Waals surface area contributed by atoms with Crippen LogP contribution in [0.2, 0.25) is 0 Å². The van der Waals surface area contributed by atoms with Crippen molar-refractivity contribution in [3.05, 3.63) is 50.3 Å². The summed E-state index contributed by atoms with van der Waals surface area (Å²) in [7, 11) is 0. The van der Waals surface area contributed by atoms with Crippen LogP contribution in [-0.4, -0.2) is 26.7 Å². The lowest BCUT2D eigenvalue weighted by atomic mass is 9.84. The van der Waals surface area contributed by atoms with Crippen LogP contribution in [0.15, 0.2) is 23.4 Å². The quantitative estimate of drug-likeness (QED) is 0.572. The number of allylic oxidation sites excluding steroid dienone is 1. The van der Waals surface area contributed by atoms with Gasteiger partial charge in [0.25, 0.3) is 0 Å². The van der Waals surface area contributed by atoms with Gasteiger partial charge in [-0.2, -0.15) is 0 Å². The molecular formula is C12H8N2O4S. The SMILES string of the molecule is Cc1cnc2c(c1)C(=O)C1SC([N+](=O)[O-])=CC1C2=O. The number of thioether (sulfide) groups is 1. The first kappa shape index (κ1) is 12.0. The second-order valence-electron chi connectivity index (χ2n) is 4.46. The van der Waals surface area contributed by atoms with Crippen LogP contribution in [0, 0.1) is 23.0 Å². The molecule has 2 unspecified atom stereocenters. The van der Waals surface area contributed by atoms with Gasteiger partial charge in [-0.3, -0.25) is 24.7 Å². The van der Waals surface area contributed by atoms with E-state index >= 15 is 0 Å². The zero-order valence-corrected chi connectivity index (χ0v) is 10.6. The summed E-state index contributed by atoms with van der Waals surface area (Å²) in [5.74, 6) is -1.33. The van der Waals surface area contributed by atoms with E-state index in [9.17, 15) is 19.7 Å². The van der Waals surface area contributed by atoms with Crippen LogP contribution in [0.1, 0.15) is 26.4 Å². The number of carbonyl (C=O) groups excluding carboxylic acids is 2. The molecule has 96 valence electrons. The number of Topliss-reactive ketones (excluding diaryl/α,β-unsaturated/α-hetero) is 2. The van der Waals surface area contributed by atoms with Crippen molar-refractivity contribution in [3.8, 4) is 0 Å². The van der Waals surface area contributed by atoms with Gasteiger partial charge in [0.2, 0.25) is 0 Å². The predicted octanol–water partition coefficient (Wildman–Crippen LogP) is 1.62. The lowest BCUT2D eigenvalue weighted by molar-refractivity contribution is -0.410. The van der Waals surface area contributed by atoms with Gasteiger partial charge in [0, 0.05) is 17.8 Å². The summed E-state index contributed by atoms with van der Waals surface area (Å²) in [6.07, 6.45) is 2.78. The number of hydrogen-bond acceptors (Lipinski definition) is 6. The molecule has 0 aromatic carbocycles. The molecule has 0 N–H and O–H groups in total. The number of nitrogens with zero attached hydrogens (tertiary/aromatic N) is 2. The van der Waals surface area contributed by atoms with Crippen molar-refractivity contribution in [1.29, 1.82) is 0 Å². The number of aryl methyl sites for hydroxylation is 1. The molecule has 19 heavy (non-hydrogen) atoms. The van der Waals surface area contributed by atoms with Crippen LogP contribution >= 0.6 is 11.8 Å². The zero-order chi connectivity index (χ0) is 13.7. The fourth-order valence-electron chi connectivity index (χ4n) is 2.28. The fourth-order valence-corrected chi connectivity index (χ4v) is 3.44. The van der Waals surface area contributed by atoms with Crippen molar-refractivity contribution < 1.29 is 14.5 Å². The number of pyridine rings is 1. The van der Waals surface area contributed by atoms with Crippen molar-refractivity contribution >= 4 is 23.3 Å². The topological polar surface area (TPSA) is 90.2 Å².